The number of rotatable bonds is 6. The summed E-state index contributed by atoms with van der Waals surface area (Å²) >= 11 is 1.88. The van der Waals surface area contributed by atoms with Gasteiger partial charge in [0.2, 0.25) is 0 Å². The Morgan fingerprint density at radius 3 is 1.50 bits per heavy atom. The molecule has 0 aliphatic carbocycles. The summed E-state index contributed by atoms with van der Waals surface area (Å²) in [4.78, 5) is 2.36. The largest absolute Gasteiger partial charge is 0.311 e. The fourth-order valence-corrected chi connectivity index (χ4v) is 8.83. The van der Waals surface area contributed by atoms with E-state index >= 15 is 0 Å². The Kier molecular flexibility index (Phi) is 7.41. The number of anilines is 3. The quantitative estimate of drug-likeness (QED) is 0.169. The van der Waals surface area contributed by atoms with Crippen LogP contribution in [0.1, 0.15) is 0 Å². The number of fused-ring (bicyclic) bond motifs is 6. The van der Waals surface area contributed by atoms with Gasteiger partial charge in [-0.05, 0) is 110 Å². The highest BCUT2D eigenvalue weighted by atomic mass is 32.1. The summed E-state index contributed by atoms with van der Waals surface area (Å²) in [6.07, 6.45) is 0. The Labute approximate surface area is 307 Å². The summed E-state index contributed by atoms with van der Waals surface area (Å²) in [5, 5.41) is 7.79. The minimum atomic E-state index is 1.11. The summed E-state index contributed by atoms with van der Waals surface area (Å²) in [5.74, 6) is 0. The predicted molar refractivity (Wildman–Crippen MR) is 225 cm³/mol. The highest BCUT2D eigenvalue weighted by Gasteiger charge is 2.16. The molecule has 0 radical (unpaired) electrons. The monoisotopic (exact) mass is 679 g/mol. The predicted octanol–water partition coefficient (Wildman–Crippen LogP) is 14.8. The van der Waals surface area contributed by atoms with Gasteiger partial charge < -0.3 is 4.90 Å². The van der Waals surface area contributed by atoms with Gasteiger partial charge in [-0.1, -0.05) is 146 Å². The molecule has 52 heavy (non-hydrogen) atoms. The molecule has 1 aromatic heterocycles. The number of hydrogen-bond donors (Lipinski definition) is 0. The SMILES string of the molecule is c1ccc(-c2ccc(N(c3ccc(-c4ccc5ccccc5c4)cc3)c3ccc(-c4cc5sc6ccccc6c5c5ccccc45)cc3)cc2)cc1. The average molecular weight is 680 g/mol. The topological polar surface area (TPSA) is 3.24 Å². The fraction of sp³-hybridized carbons (Fsp3) is 0. The lowest BCUT2D eigenvalue weighted by Gasteiger charge is -2.26. The summed E-state index contributed by atoms with van der Waals surface area (Å²) in [6.45, 7) is 0. The molecule has 0 amide bonds. The van der Waals surface area contributed by atoms with Gasteiger partial charge in [0.05, 0.1) is 0 Å². The van der Waals surface area contributed by atoms with Gasteiger partial charge in [-0.15, -0.1) is 11.3 Å². The van der Waals surface area contributed by atoms with Crippen LogP contribution in [0.3, 0.4) is 0 Å². The number of thiophene rings is 1. The van der Waals surface area contributed by atoms with E-state index in [4.69, 9.17) is 0 Å². The van der Waals surface area contributed by atoms with Crippen molar-refractivity contribution in [2.45, 2.75) is 0 Å². The highest BCUT2D eigenvalue weighted by Crippen LogP contribution is 2.44. The van der Waals surface area contributed by atoms with E-state index in [1.165, 1.54) is 75.1 Å². The molecule has 0 bridgehead atoms. The zero-order chi connectivity index (χ0) is 34.4. The van der Waals surface area contributed by atoms with Crippen LogP contribution in [0, 0.1) is 0 Å². The Bertz CT molecular complexity index is 2870. The van der Waals surface area contributed by atoms with Gasteiger partial charge in [0.15, 0.2) is 0 Å². The summed E-state index contributed by atoms with van der Waals surface area (Å²) in [6, 6.07) is 72.8. The summed E-state index contributed by atoms with van der Waals surface area (Å²) in [5.41, 5.74) is 10.7. The minimum absolute atomic E-state index is 1.11. The van der Waals surface area contributed by atoms with E-state index in [-0.39, 0.29) is 0 Å². The summed E-state index contributed by atoms with van der Waals surface area (Å²) in [7, 11) is 0. The molecule has 0 aliphatic rings. The van der Waals surface area contributed by atoms with Crippen molar-refractivity contribution in [3.8, 4) is 33.4 Å². The van der Waals surface area contributed by atoms with E-state index in [0.717, 1.165) is 17.1 Å². The van der Waals surface area contributed by atoms with Crippen LogP contribution < -0.4 is 4.90 Å². The van der Waals surface area contributed by atoms with Gasteiger partial charge in [0.25, 0.3) is 0 Å². The zero-order valence-corrected chi connectivity index (χ0v) is 29.2. The van der Waals surface area contributed by atoms with E-state index in [2.05, 4.69) is 205 Å². The van der Waals surface area contributed by atoms with Crippen molar-refractivity contribution in [1.29, 1.82) is 0 Å². The van der Waals surface area contributed by atoms with E-state index in [1.807, 2.05) is 11.3 Å². The van der Waals surface area contributed by atoms with Crippen molar-refractivity contribution in [2.75, 3.05) is 4.90 Å². The first-order valence-electron chi connectivity index (χ1n) is 17.8. The first kappa shape index (κ1) is 30.4. The Morgan fingerprint density at radius 1 is 0.308 bits per heavy atom. The fourth-order valence-electron chi connectivity index (χ4n) is 7.67. The van der Waals surface area contributed by atoms with Crippen LogP contribution in [0.4, 0.5) is 17.1 Å². The Morgan fingerprint density at radius 2 is 0.808 bits per heavy atom. The third kappa shape index (κ3) is 5.33. The standard InChI is InChI=1S/C50H33NS/c1-2-10-34(11-3-1)36-20-26-41(27-21-36)51(42-28-22-37(23-29-42)40-19-18-35-12-4-5-13-39(35)32-40)43-30-24-38(25-31-43)47-33-49-50(45-15-7-6-14-44(45)47)46-16-8-9-17-48(46)52-49/h1-33H. The molecule has 0 N–H and O–H groups in total. The van der Waals surface area contributed by atoms with E-state index < -0.39 is 0 Å². The van der Waals surface area contributed by atoms with Crippen LogP contribution >= 0.6 is 11.3 Å². The molecule has 0 saturated heterocycles. The molecule has 1 nitrogen and oxygen atoms in total. The van der Waals surface area contributed by atoms with E-state index in [9.17, 15) is 0 Å². The maximum atomic E-state index is 2.39. The van der Waals surface area contributed by atoms with Crippen LogP contribution in [0.25, 0.3) is 75.1 Å². The van der Waals surface area contributed by atoms with Gasteiger partial charge in [0, 0.05) is 37.2 Å². The number of hydrogen-bond acceptors (Lipinski definition) is 2. The molecule has 0 aliphatic heterocycles. The highest BCUT2D eigenvalue weighted by molar-refractivity contribution is 7.26. The van der Waals surface area contributed by atoms with Gasteiger partial charge in [-0.25, -0.2) is 0 Å². The first-order chi connectivity index (χ1) is 25.8. The second-order valence-electron chi connectivity index (χ2n) is 13.3. The number of nitrogens with zero attached hydrogens (tertiary/aromatic N) is 1. The smallest absolute Gasteiger partial charge is 0.0462 e. The molecule has 0 atom stereocenters. The first-order valence-corrected chi connectivity index (χ1v) is 18.6. The molecule has 0 spiro atoms. The van der Waals surface area contributed by atoms with Crippen molar-refractivity contribution >= 4 is 70.1 Å². The molecule has 244 valence electrons. The Balaban J connectivity index is 1.06. The molecule has 0 unspecified atom stereocenters. The third-order valence-electron chi connectivity index (χ3n) is 10.3. The molecule has 1 heterocycles. The lowest BCUT2D eigenvalue weighted by atomic mass is 9.95. The van der Waals surface area contributed by atoms with Crippen LogP contribution in [0.15, 0.2) is 200 Å². The lowest BCUT2D eigenvalue weighted by Crippen LogP contribution is -2.09. The molecule has 9 aromatic carbocycles. The van der Waals surface area contributed by atoms with Crippen LogP contribution in [0.2, 0.25) is 0 Å². The second kappa shape index (κ2) is 12.7. The van der Waals surface area contributed by atoms with Crippen LogP contribution in [-0.2, 0) is 0 Å². The van der Waals surface area contributed by atoms with Crippen molar-refractivity contribution in [2.24, 2.45) is 0 Å². The minimum Gasteiger partial charge on any atom is -0.311 e. The van der Waals surface area contributed by atoms with Crippen molar-refractivity contribution < 1.29 is 0 Å². The Hall–Kier alpha value is -6.48. The van der Waals surface area contributed by atoms with Crippen LogP contribution in [0.5, 0.6) is 0 Å². The average Bonchev–Trinajstić information content (AvgIpc) is 3.60. The lowest BCUT2D eigenvalue weighted by molar-refractivity contribution is 1.28. The van der Waals surface area contributed by atoms with Crippen LogP contribution in [-0.4, -0.2) is 0 Å². The molecule has 0 saturated carbocycles. The zero-order valence-electron chi connectivity index (χ0n) is 28.4. The molecule has 10 aromatic rings. The third-order valence-corrected chi connectivity index (χ3v) is 11.4. The molecular weight excluding hydrogens is 647 g/mol. The maximum absolute atomic E-state index is 2.39. The second-order valence-corrected chi connectivity index (χ2v) is 14.4. The normalized spacial score (nSPS) is 11.5. The van der Waals surface area contributed by atoms with Gasteiger partial charge in [0.1, 0.15) is 0 Å². The molecule has 0 fully saturated rings. The van der Waals surface area contributed by atoms with Gasteiger partial charge in [-0.3, -0.25) is 0 Å². The van der Waals surface area contributed by atoms with Gasteiger partial charge >= 0.3 is 0 Å². The van der Waals surface area contributed by atoms with E-state index in [1.54, 1.807) is 0 Å². The molecule has 2 heteroatoms. The number of benzene rings is 9. The summed E-state index contributed by atoms with van der Waals surface area (Å²) < 4.78 is 2.65. The molecular formula is C50H33NS. The van der Waals surface area contributed by atoms with Gasteiger partial charge in [-0.2, -0.15) is 0 Å². The van der Waals surface area contributed by atoms with Crippen molar-refractivity contribution in [3.63, 3.8) is 0 Å². The molecule has 10 rings (SSSR count). The maximum Gasteiger partial charge on any atom is 0.0462 e. The van der Waals surface area contributed by atoms with E-state index in [0.29, 0.717) is 0 Å². The van der Waals surface area contributed by atoms with Crippen molar-refractivity contribution in [3.05, 3.63) is 200 Å². The van der Waals surface area contributed by atoms with Crippen molar-refractivity contribution in [1.82, 2.24) is 0 Å².